The number of nitrogens with one attached hydrogen (secondary N) is 2. The Bertz CT molecular complexity index is 1050. The van der Waals surface area contributed by atoms with Gasteiger partial charge in [0.15, 0.2) is 0 Å². The third-order valence-electron chi connectivity index (χ3n) is 6.15. The monoisotopic (exact) mass is 454 g/mol. The summed E-state index contributed by atoms with van der Waals surface area (Å²) < 4.78 is 26.7. The molecule has 0 saturated carbocycles. The molecule has 2 heterocycles. The zero-order valence-corrected chi connectivity index (χ0v) is 18.7. The van der Waals surface area contributed by atoms with Crippen LogP contribution in [0.2, 0.25) is 0 Å². The van der Waals surface area contributed by atoms with Gasteiger partial charge in [0.25, 0.3) is 5.91 Å². The average Bonchev–Trinajstić information content (AvgIpc) is 3.23. The average molecular weight is 455 g/mol. The van der Waals surface area contributed by atoms with Crippen molar-refractivity contribution in [2.24, 2.45) is 0 Å². The molecule has 1 saturated heterocycles. The number of benzene rings is 2. The first-order valence-electron chi connectivity index (χ1n) is 11.2. The molecule has 2 aliphatic heterocycles. The number of hydrogen-bond acceptors (Lipinski definition) is 4. The van der Waals surface area contributed by atoms with Gasteiger partial charge in [0.1, 0.15) is 17.7 Å². The molecule has 2 aliphatic rings. The molecule has 8 heteroatoms. The Balaban J connectivity index is 1.28. The van der Waals surface area contributed by atoms with Gasteiger partial charge in [0.05, 0.1) is 6.04 Å². The fraction of sp³-hybridized carbons (Fsp3) is 0.360. The summed E-state index contributed by atoms with van der Waals surface area (Å²) in [5.74, 6) is -1.28. The number of hydrazine groups is 1. The molecule has 174 valence electrons. The molecule has 33 heavy (non-hydrogen) atoms. The van der Waals surface area contributed by atoms with Gasteiger partial charge in [-0.2, -0.15) is 0 Å². The van der Waals surface area contributed by atoms with Crippen molar-refractivity contribution in [2.75, 3.05) is 6.54 Å². The van der Waals surface area contributed by atoms with Crippen LogP contribution < -0.4 is 10.7 Å². The molecular weight excluding hydrogens is 426 g/mol. The molecule has 2 aromatic rings. The number of rotatable bonds is 7. The van der Waals surface area contributed by atoms with E-state index in [2.05, 4.69) is 48.9 Å². The van der Waals surface area contributed by atoms with Gasteiger partial charge < -0.3 is 15.2 Å². The summed E-state index contributed by atoms with van der Waals surface area (Å²) in [6.07, 6.45) is 4.21. The van der Waals surface area contributed by atoms with E-state index < -0.39 is 11.6 Å². The number of carbonyl (C=O) groups excluding carboxylic acids is 2. The third-order valence-corrected chi connectivity index (χ3v) is 6.15. The highest BCUT2D eigenvalue weighted by Gasteiger charge is 2.39. The molecule has 2 N–H and O–H groups in total. The molecule has 2 atom stereocenters. The Morgan fingerprint density at radius 3 is 2.61 bits per heavy atom. The number of amides is 2. The molecular formula is C25H28F2N4O2. The number of fused-ring (bicyclic) bond motifs is 1. The van der Waals surface area contributed by atoms with E-state index in [1.54, 1.807) is 11.1 Å². The third kappa shape index (κ3) is 5.22. The molecule has 2 unspecified atom stereocenters. The van der Waals surface area contributed by atoms with E-state index in [0.717, 1.165) is 17.7 Å². The molecule has 0 aromatic heterocycles. The van der Waals surface area contributed by atoms with Gasteiger partial charge in [0.2, 0.25) is 5.91 Å². The maximum Gasteiger partial charge on any atom is 0.250 e. The quantitative estimate of drug-likeness (QED) is 0.669. The summed E-state index contributed by atoms with van der Waals surface area (Å²) in [6.45, 7) is 4.50. The van der Waals surface area contributed by atoms with Gasteiger partial charge in [-0.05, 0) is 29.5 Å². The van der Waals surface area contributed by atoms with E-state index in [1.807, 2.05) is 11.2 Å². The molecule has 2 aromatic carbocycles. The van der Waals surface area contributed by atoms with E-state index in [0.29, 0.717) is 12.3 Å². The first-order valence-corrected chi connectivity index (χ1v) is 11.2. The highest BCUT2D eigenvalue weighted by Crippen LogP contribution is 2.31. The van der Waals surface area contributed by atoms with Crippen molar-refractivity contribution in [1.29, 1.82) is 0 Å². The molecule has 0 bridgehead atoms. The normalized spacial score (nSPS) is 19.8. The summed E-state index contributed by atoms with van der Waals surface area (Å²) in [4.78, 5) is 26.7. The zero-order valence-electron chi connectivity index (χ0n) is 18.7. The van der Waals surface area contributed by atoms with Crippen LogP contribution in [0.25, 0.3) is 0 Å². The summed E-state index contributed by atoms with van der Waals surface area (Å²) in [6, 6.07) is 11.4. The lowest BCUT2D eigenvalue weighted by molar-refractivity contribution is -0.134. The van der Waals surface area contributed by atoms with Crippen LogP contribution in [0.3, 0.4) is 0 Å². The first kappa shape index (κ1) is 22.9. The smallest absolute Gasteiger partial charge is 0.250 e. The van der Waals surface area contributed by atoms with Crippen molar-refractivity contribution >= 4 is 11.8 Å². The predicted octanol–water partition coefficient (Wildman–Crippen LogP) is 3.73. The van der Waals surface area contributed by atoms with Crippen LogP contribution in [-0.4, -0.2) is 34.3 Å². The van der Waals surface area contributed by atoms with Crippen LogP contribution in [0.5, 0.6) is 0 Å². The van der Waals surface area contributed by atoms with Gasteiger partial charge in [0, 0.05) is 43.5 Å². The van der Waals surface area contributed by atoms with Crippen molar-refractivity contribution in [1.82, 2.24) is 20.7 Å². The molecule has 2 amide bonds. The molecule has 6 nitrogen and oxygen atoms in total. The molecule has 4 rings (SSSR count). The Kier molecular flexibility index (Phi) is 6.74. The SMILES string of the molecule is CC(C)c1ccc(C2CC3C(=O)N(CCC(=O)NCc4ccc(F)cc4F)C=CN3N2)cc1. The van der Waals surface area contributed by atoms with Crippen LogP contribution >= 0.6 is 0 Å². The minimum absolute atomic E-state index is 0.0354. The van der Waals surface area contributed by atoms with Crippen molar-refractivity contribution in [3.63, 3.8) is 0 Å². The minimum Gasteiger partial charge on any atom is -0.352 e. The van der Waals surface area contributed by atoms with Crippen LogP contribution in [0.1, 0.15) is 55.3 Å². The van der Waals surface area contributed by atoms with Gasteiger partial charge in [-0.3, -0.25) is 9.59 Å². The van der Waals surface area contributed by atoms with E-state index in [9.17, 15) is 18.4 Å². The Morgan fingerprint density at radius 2 is 1.91 bits per heavy atom. The molecule has 0 radical (unpaired) electrons. The highest BCUT2D eigenvalue weighted by molar-refractivity contribution is 5.85. The van der Waals surface area contributed by atoms with Gasteiger partial charge in [-0.1, -0.05) is 44.2 Å². The van der Waals surface area contributed by atoms with Gasteiger partial charge in [-0.15, -0.1) is 0 Å². The summed E-state index contributed by atoms with van der Waals surface area (Å²) >= 11 is 0. The lowest BCUT2D eigenvalue weighted by Gasteiger charge is -2.31. The number of hydrogen-bond donors (Lipinski definition) is 2. The maximum atomic E-state index is 13.7. The highest BCUT2D eigenvalue weighted by atomic mass is 19.1. The van der Waals surface area contributed by atoms with Crippen molar-refractivity contribution in [2.45, 2.75) is 51.2 Å². The second-order valence-electron chi connectivity index (χ2n) is 8.75. The van der Waals surface area contributed by atoms with Gasteiger partial charge >= 0.3 is 0 Å². The molecule has 0 aliphatic carbocycles. The topological polar surface area (TPSA) is 64.7 Å². The minimum atomic E-state index is -0.702. The number of halogens is 2. The zero-order chi connectivity index (χ0) is 23.5. The molecule has 1 fully saturated rings. The standard InChI is InChI=1S/C25H28F2N4O2/c1-16(2)17-3-5-18(6-4-17)22-14-23-25(33)30(11-12-31(23)29-22)10-9-24(32)28-15-19-7-8-20(26)13-21(19)27/h3-8,11-13,16,22-23,29H,9-10,14-15H2,1-2H3,(H,28,32). The second kappa shape index (κ2) is 9.70. The van der Waals surface area contributed by atoms with Crippen LogP contribution in [0.4, 0.5) is 8.78 Å². The fourth-order valence-corrected chi connectivity index (χ4v) is 4.12. The van der Waals surface area contributed by atoms with Crippen LogP contribution in [0.15, 0.2) is 54.9 Å². The van der Waals surface area contributed by atoms with Gasteiger partial charge in [-0.25, -0.2) is 14.2 Å². The Labute approximate surface area is 192 Å². The van der Waals surface area contributed by atoms with E-state index in [4.69, 9.17) is 0 Å². The van der Waals surface area contributed by atoms with Crippen LogP contribution in [-0.2, 0) is 16.1 Å². The maximum absolute atomic E-state index is 13.7. The summed E-state index contributed by atoms with van der Waals surface area (Å²) in [7, 11) is 0. The molecule has 0 spiro atoms. The first-order chi connectivity index (χ1) is 15.8. The number of carbonyl (C=O) groups is 2. The van der Waals surface area contributed by atoms with Crippen molar-refractivity contribution in [3.8, 4) is 0 Å². The lowest BCUT2D eigenvalue weighted by Crippen LogP contribution is -2.48. The van der Waals surface area contributed by atoms with Crippen molar-refractivity contribution < 1.29 is 18.4 Å². The van der Waals surface area contributed by atoms with Crippen LogP contribution in [0, 0.1) is 11.6 Å². The number of nitrogens with zero attached hydrogens (tertiary/aromatic N) is 2. The van der Waals surface area contributed by atoms with Crippen molar-refractivity contribution in [3.05, 3.63) is 83.2 Å². The van der Waals surface area contributed by atoms with E-state index in [-0.39, 0.29) is 49.0 Å². The summed E-state index contributed by atoms with van der Waals surface area (Å²) in [5.41, 5.74) is 5.99. The largest absolute Gasteiger partial charge is 0.352 e. The predicted molar refractivity (Wildman–Crippen MR) is 120 cm³/mol. The second-order valence-corrected chi connectivity index (χ2v) is 8.75. The summed E-state index contributed by atoms with van der Waals surface area (Å²) in [5, 5.41) is 4.45. The lowest BCUT2D eigenvalue weighted by atomic mass is 9.97. The fourth-order valence-electron chi connectivity index (χ4n) is 4.12. The Morgan fingerprint density at radius 1 is 1.15 bits per heavy atom. The van der Waals surface area contributed by atoms with E-state index >= 15 is 0 Å². The van der Waals surface area contributed by atoms with E-state index in [1.165, 1.54) is 11.6 Å². The Hall–Kier alpha value is -3.26.